The molecule has 0 heterocycles. The Kier molecular flexibility index (Phi) is 52.3. The predicted molar refractivity (Wildman–Crippen MR) is 284 cm³/mol. The first-order valence-corrected chi connectivity index (χ1v) is 28.3. The summed E-state index contributed by atoms with van der Waals surface area (Å²) in [5.41, 5.74) is 0. The van der Waals surface area contributed by atoms with Crippen molar-refractivity contribution in [2.45, 2.75) is 290 Å². The van der Waals surface area contributed by atoms with E-state index in [0.29, 0.717) is 19.3 Å². The molecule has 0 saturated carbocycles. The molecular formula is C60H106O6. The van der Waals surface area contributed by atoms with Crippen molar-refractivity contribution in [2.75, 3.05) is 13.2 Å². The fourth-order valence-electron chi connectivity index (χ4n) is 7.91. The summed E-state index contributed by atoms with van der Waals surface area (Å²) in [5.74, 6) is -0.898. The Morgan fingerprint density at radius 1 is 0.303 bits per heavy atom. The Balaban J connectivity index is 4.41. The number of rotatable bonds is 51. The van der Waals surface area contributed by atoms with Crippen molar-refractivity contribution in [3.05, 3.63) is 60.8 Å². The second-order valence-corrected chi connectivity index (χ2v) is 18.8. The van der Waals surface area contributed by atoms with Crippen LogP contribution in [0.3, 0.4) is 0 Å². The van der Waals surface area contributed by atoms with Crippen molar-refractivity contribution in [1.29, 1.82) is 0 Å². The summed E-state index contributed by atoms with van der Waals surface area (Å²) in [6.45, 7) is 6.58. The lowest BCUT2D eigenvalue weighted by molar-refractivity contribution is -0.167. The van der Waals surface area contributed by atoms with Crippen LogP contribution >= 0.6 is 0 Å². The molecule has 0 aliphatic rings. The van der Waals surface area contributed by atoms with Crippen LogP contribution < -0.4 is 0 Å². The summed E-state index contributed by atoms with van der Waals surface area (Å²) in [6, 6.07) is 0. The summed E-state index contributed by atoms with van der Waals surface area (Å²) < 4.78 is 16.8. The number of allylic oxidation sites excluding steroid dienone is 10. The molecule has 6 heteroatoms. The van der Waals surface area contributed by atoms with E-state index in [-0.39, 0.29) is 31.1 Å². The molecule has 0 spiro atoms. The fraction of sp³-hybridized carbons (Fsp3) is 0.783. The van der Waals surface area contributed by atoms with Gasteiger partial charge in [-0.2, -0.15) is 0 Å². The zero-order chi connectivity index (χ0) is 47.9. The van der Waals surface area contributed by atoms with E-state index < -0.39 is 6.10 Å². The lowest BCUT2D eigenvalue weighted by Crippen LogP contribution is -2.30. The van der Waals surface area contributed by atoms with Gasteiger partial charge in [-0.25, -0.2) is 0 Å². The monoisotopic (exact) mass is 923 g/mol. The van der Waals surface area contributed by atoms with E-state index in [1.54, 1.807) is 0 Å². The van der Waals surface area contributed by atoms with Crippen LogP contribution in [0.5, 0.6) is 0 Å². The van der Waals surface area contributed by atoms with Crippen molar-refractivity contribution in [3.63, 3.8) is 0 Å². The Labute approximate surface area is 409 Å². The number of hydrogen-bond acceptors (Lipinski definition) is 6. The third-order valence-corrected chi connectivity index (χ3v) is 12.2. The minimum Gasteiger partial charge on any atom is -0.462 e. The molecule has 0 aromatic carbocycles. The minimum absolute atomic E-state index is 0.0835. The van der Waals surface area contributed by atoms with E-state index in [4.69, 9.17) is 14.2 Å². The SMILES string of the molecule is CCCCC/C=C/C/C=C/CCCCCCCCCC(=O)OC[C@@H](COC(=O)CCCCCCC/C=C/CCCCCCC)OC(=O)CCCCCCCCC/C=C/C/C=C/CCCCC. The molecule has 0 aliphatic heterocycles. The van der Waals surface area contributed by atoms with Gasteiger partial charge in [0, 0.05) is 19.3 Å². The van der Waals surface area contributed by atoms with Gasteiger partial charge in [-0.1, -0.05) is 216 Å². The Hall–Kier alpha value is -2.89. The van der Waals surface area contributed by atoms with Gasteiger partial charge in [0.2, 0.25) is 0 Å². The molecule has 0 aliphatic carbocycles. The maximum atomic E-state index is 12.8. The zero-order valence-electron chi connectivity index (χ0n) is 43.7. The van der Waals surface area contributed by atoms with E-state index in [1.807, 2.05) is 0 Å². The molecule has 1 atom stereocenters. The van der Waals surface area contributed by atoms with E-state index in [0.717, 1.165) is 89.9 Å². The normalized spacial score (nSPS) is 12.5. The van der Waals surface area contributed by atoms with E-state index in [2.05, 4.69) is 81.5 Å². The third kappa shape index (κ3) is 52.1. The highest BCUT2D eigenvalue weighted by Crippen LogP contribution is 2.15. The number of carbonyl (C=O) groups is 3. The second kappa shape index (κ2) is 54.7. The van der Waals surface area contributed by atoms with Gasteiger partial charge in [0.05, 0.1) is 0 Å². The Bertz CT molecular complexity index is 1200. The summed E-state index contributed by atoms with van der Waals surface area (Å²) in [4.78, 5) is 38.1. The second-order valence-electron chi connectivity index (χ2n) is 18.8. The van der Waals surface area contributed by atoms with Gasteiger partial charge >= 0.3 is 17.9 Å². The largest absolute Gasteiger partial charge is 0.462 e. The van der Waals surface area contributed by atoms with Crippen LogP contribution in [0.15, 0.2) is 60.8 Å². The molecule has 0 unspecified atom stereocenters. The number of carbonyl (C=O) groups excluding carboxylic acids is 3. The minimum atomic E-state index is -0.785. The molecule has 0 aromatic heterocycles. The van der Waals surface area contributed by atoms with Crippen LogP contribution in [0.4, 0.5) is 0 Å². The van der Waals surface area contributed by atoms with Crippen LogP contribution in [-0.4, -0.2) is 37.2 Å². The average molecular weight is 924 g/mol. The van der Waals surface area contributed by atoms with Gasteiger partial charge in [0.1, 0.15) is 13.2 Å². The van der Waals surface area contributed by atoms with Crippen molar-refractivity contribution in [3.8, 4) is 0 Å². The van der Waals surface area contributed by atoms with Gasteiger partial charge in [0.15, 0.2) is 6.10 Å². The van der Waals surface area contributed by atoms with Gasteiger partial charge in [-0.15, -0.1) is 0 Å². The van der Waals surface area contributed by atoms with Crippen LogP contribution in [0.1, 0.15) is 284 Å². The van der Waals surface area contributed by atoms with Crippen molar-refractivity contribution in [2.24, 2.45) is 0 Å². The Morgan fingerprint density at radius 3 is 0.879 bits per heavy atom. The molecule has 0 saturated heterocycles. The summed E-state index contributed by atoms with van der Waals surface area (Å²) in [6.07, 6.45) is 67.7. The molecule has 0 bridgehead atoms. The van der Waals surface area contributed by atoms with E-state index >= 15 is 0 Å². The highest BCUT2D eigenvalue weighted by Gasteiger charge is 2.19. The molecule has 0 N–H and O–H groups in total. The third-order valence-electron chi connectivity index (χ3n) is 12.2. The number of unbranched alkanes of at least 4 members (excludes halogenated alkanes) is 30. The highest BCUT2D eigenvalue weighted by atomic mass is 16.6. The van der Waals surface area contributed by atoms with Crippen LogP contribution in [-0.2, 0) is 28.6 Å². The number of ether oxygens (including phenoxy) is 3. The molecule has 0 fully saturated rings. The Morgan fingerprint density at radius 2 is 0.545 bits per heavy atom. The van der Waals surface area contributed by atoms with Gasteiger partial charge in [0.25, 0.3) is 0 Å². The van der Waals surface area contributed by atoms with Crippen molar-refractivity contribution >= 4 is 17.9 Å². The highest BCUT2D eigenvalue weighted by molar-refractivity contribution is 5.71. The maximum absolute atomic E-state index is 12.8. The summed E-state index contributed by atoms with van der Waals surface area (Å²) in [7, 11) is 0. The molecule has 0 amide bonds. The lowest BCUT2D eigenvalue weighted by Gasteiger charge is -2.18. The molecule has 66 heavy (non-hydrogen) atoms. The fourth-order valence-corrected chi connectivity index (χ4v) is 7.91. The van der Waals surface area contributed by atoms with Gasteiger partial charge in [-0.3, -0.25) is 14.4 Å². The van der Waals surface area contributed by atoms with Crippen molar-refractivity contribution in [1.82, 2.24) is 0 Å². The van der Waals surface area contributed by atoms with Gasteiger partial charge in [-0.05, 0) is 109 Å². The molecule has 0 aromatic rings. The number of hydrogen-bond donors (Lipinski definition) is 0. The lowest BCUT2D eigenvalue weighted by atomic mass is 10.1. The predicted octanol–water partition coefficient (Wildman–Crippen LogP) is 18.8. The first kappa shape index (κ1) is 63.1. The van der Waals surface area contributed by atoms with Gasteiger partial charge < -0.3 is 14.2 Å². The topological polar surface area (TPSA) is 78.9 Å². The van der Waals surface area contributed by atoms with E-state index in [1.165, 1.54) is 154 Å². The number of esters is 3. The summed E-state index contributed by atoms with van der Waals surface area (Å²) >= 11 is 0. The van der Waals surface area contributed by atoms with Crippen LogP contribution in [0.2, 0.25) is 0 Å². The first-order chi connectivity index (χ1) is 32.5. The van der Waals surface area contributed by atoms with Crippen LogP contribution in [0.25, 0.3) is 0 Å². The maximum Gasteiger partial charge on any atom is 0.306 e. The smallest absolute Gasteiger partial charge is 0.306 e. The molecular weight excluding hydrogens is 817 g/mol. The standard InChI is InChI=1S/C60H106O6/c1-4-7-10-13-16-19-22-25-28-30-32-35-38-41-44-47-50-53-59(62)65-56-57(55-64-58(61)52-49-46-43-40-37-34-27-24-21-18-15-12-9-6-3)66-60(63)54-51-48-45-42-39-36-33-31-29-26-23-20-17-14-11-8-5-2/h16-17,19-20,24-29,57H,4-15,18,21-23,30-56H2,1-3H3/b19-16+,20-17+,27-24+,28-25+,29-26+/t57-/m1/s1. The first-order valence-electron chi connectivity index (χ1n) is 28.3. The molecule has 6 nitrogen and oxygen atoms in total. The average Bonchev–Trinajstić information content (AvgIpc) is 3.31. The summed E-state index contributed by atoms with van der Waals surface area (Å²) in [5, 5.41) is 0. The zero-order valence-corrected chi connectivity index (χ0v) is 43.7. The van der Waals surface area contributed by atoms with Crippen LogP contribution in [0, 0.1) is 0 Å². The molecule has 0 rings (SSSR count). The van der Waals surface area contributed by atoms with E-state index in [9.17, 15) is 14.4 Å². The molecule has 0 radical (unpaired) electrons. The molecule has 382 valence electrons. The van der Waals surface area contributed by atoms with Crippen molar-refractivity contribution < 1.29 is 28.6 Å². The quantitative estimate of drug-likeness (QED) is 0.0262.